The van der Waals surface area contributed by atoms with Crippen LogP contribution >= 0.6 is 11.6 Å². The van der Waals surface area contributed by atoms with Gasteiger partial charge in [0, 0.05) is 5.56 Å². The fourth-order valence-corrected chi connectivity index (χ4v) is 1.34. The quantitative estimate of drug-likeness (QED) is 0.745. The van der Waals surface area contributed by atoms with Gasteiger partial charge in [0.15, 0.2) is 17.8 Å². The molecule has 3 nitrogen and oxygen atoms in total. The van der Waals surface area contributed by atoms with Crippen LogP contribution < -0.4 is 4.74 Å². The van der Waals surface area contributed by atoms with Gasteiger partial charge in [-0.25, -0.2) is 0 Å². The summed E-state index contributed by atoms with van der Waals surface area (Å²) < 4.78 is 4.86. The number of ether oxygens (including phenoxy) is 1. The van der Waals surface area contributed by atoms with E-state index in [1.54, 1.807) is 13.0 Å². The lowest BCUT2D eigenvalue weighted by molar-refractivity contribution is 0.112. The van der Waals surface area contributed by atoms with E-state index in [1.807, 2.05) is 0 Å². The fraction of sp³-hybridized carbons (Fsp3) is 0.222. The third-order valence-electron chi connectivity index (χ3n) is 1.79. The molecule has 1 N–H and O–H groups in total. The number of carbonyl (C=O) groups excluding carboxylic acids is 1. The predicted molar refractivity (Wildman–Crippen MR) is 49.8 cm³/mol. The zero-order valence-corrected chi connectivity index (χ0v) is 8.05. The van der Waals surface area contributed by atoms with Crippen LogP contribution in [0.15, 0.2) is 6.07 Å². The Labute approximate surface area is 80.9 Å². The maximum absolute atomic E-state index is 10.6. The van der Waals surface area contributed by atoms with Gasteiger partial charge in [0.1, 0.15) is 0 Å². The molecule has 0 spiro atoms. The van der Waals surface area contributed by atoms with E-state index < -0.39 is 0 Å². The Morgan fingerprint density at radius 2 is 2.23 bits per heavy atom. The molecule has 0 heterocycles. The maximum Gasteiger partial charge on any atom is 0.177 e. The van der Waals surface area contributed by atoms with Crippen LogP contribution in [0.2, 0.25) is 5.02 Å². The molecular weight excluding hydrogens is 192 g/mol. The van der Waals surface area contributed by atoms with Crippen LogP contribution in [-0.4, -0.2) is 18.5 Å². The van der Waals surface area contributed by atoms with Crippen molar-refractivity contribution in [2.45, 2.75) is 6.92 Å². The van der Waals surface area contributed by atoms with Gasteiger partial charge in [-0.1, -0.05) is 11.6 Å². The van der Waals surface area contributed by atoms with Crippen LogP contribution in [0.3, 0.4) is 0 Å². The number of benzene rings is 1. The van der Waals surface area contributed by atoms with Crippen LogP contribution in [0, 0.1) is 6.92 Å². The summed E-state index contributed by atoms with van der Waals surface area (Å²) in [7, 11) is 1.42. The van der Waals surface area contributed by atoms with Gasteiger partial charge in [-0.3, -0.25) is 4.79 Å². The average molecular weight is 201 g/mol. The molecule has 1 aromatic rings. The Hall–Kier alpha value is -1.22. The Bertz CT molecular complexity index is 347. The van der Waals surface area contributed by atoms with Crippen LogP contribution in [0.25, 0.3) is 0 Å². The van der Waals surface area contributed by atoms with Gasteiger partial charge in [-0.05, 0) is 18.6 Å². The van der Waals surface area contributed by atoms with Crippen molar-refractivity contribution in [3.63, 3.8) is 0 Å². The number of phenolic OH excluding ortho intramolecular Hbond substituents is 1. The molecule has 0 aliphatic heterocycles. The van der Waals surface area contributed by atoms with Crippen molar-refractivity contribution in [2.24, 2.45) is 0 Å². The molecule has 0 saturated carbocycles. The summed E-state index contributed by atoms with van der Waals surface area (Å²) in [4.78, 5) is 10.6. The number of halogens is 1. The van der Waals surface area contributed by atoms with Crippen molar-refractivity contribution >= 4 is 17.9 Å². The van der Waals surface area contributed by atoms with Crippen molar-refractivity contribution in [2.75, 3.05) is 7.11 Å². The van der Waals surface area contributed by atoms with Crippen molar-refractivity contribution in [1.82, 2.24) is 0 Å². The lowest BCUT2D eigenvalue weighted by atomic mass is 10.1. The SMILES string of the molecule is COc1cc(C)c(C=O)c(Cl)c1O. The van der Waals surface area contributed by atoms with Gasteiger partial charge in [0.25, 0.3) is 0 Å². The Morgan fingerprint density at radius 1 is 1.62 bits per heavy atom. The fourth-order valence-electron chi connectivity index (χ4n) is 1.05. The minimum absolute atomic E-state index is 0.0341. The van der Waals surface area contributed by atoms with E-state index >= 15 is 0 Å². The predicted octanol–water partition coefficient (Wildman–Crippen LogP) is 2.18. The van der Waals surface area contributed by atoms with Gasteiger partial charge in [0.05, 0.1) is 12.1 Å². The van der Waals surface area contributed by atoms with Crippen molar-refractivity contribution in [3.8, 4) is 11.5 Å². The van der Waals surface area contributed by atoms with Gasteiger partial charge < -0.3 is 9.84 Å². The molecule has 0 aliphatic rings. The summed E-state index contributed by atoms with van der Waals surface area (Å²) in [6, 6.07) is 1.56. The summed E-state index contributed by atoms with van der Waals surface area (Å²) in [5, 5.41) is 9.45. The first kappa shape index (κ1) is 9.86. The number of rotatable bonds is 2. The summed E-state index contributed by atoms with van der Waals surface area (Å²) in [6.45, 7) is 1.72. The molecule has 0 fully saturated rings. The molecule has 0 aliphatic carbocycles. The molecule has 0 aromatic heterocycles. The van der Waals surface area contributed by atoms with E-state index in [0.29, 0.717) is 17.4 Å². The third kappa shape index (κ3) is 1.60. The average Bonchev–Trinajstić information content (AvgIpc) is 2.12. The van der Waals surface area contributed by atoms with E-state index in [9.17, 15) is 9.90 Å². The number of carbonyl (C=O) groups is 1. The highest BCUT2D eigenvalue weighted by atomic mass is 35.5. The van der Waals surface area contributed by atoms with Crippen LogP contribution in [0.5, 0.6) is 11.5 Å². The molecule has 0 bridgehead atoms. The Morgan fingerprint density at radius 3 is 2.69 bits per heavy atom. The maximum atomic E-state index is 10.6. The number of phenols is 1. The lowest BCUT2D eigenvalue weighted by Crippen LogP contribution is -1.92. The van der Waals surface area contributed by atoms with E-state index in [4.69, 9.17) is 16.3 Å². The summed E-state index contributed by atoms with van der Waals surface area (Å²) in [6.07, 6.45) is 0.608. The zero-order valence-electron chi connectivity index (χ0n) is 7.30. The van der Waals surface area contributed by atoms with Crippen molar-refractivity contribution < 1.29 is 14.6 Å². The lowest BCUT2D eigenvalue weighted by Gasteiger charge is -2.08. The number of aldehydes is 1. The molecule has 0 atom stereocenters. The summed E-state index contributed by atoms with van der Waals surface area (Å²) in [5.74, 6) is 0.0740. The molecule has 0 amide bonds. The molecule has 0 radical (unpaired) electrons. The highest BCUT2D eigenvalue weighted by Crippen LogP contribution is 2.37. The number of hydrogen-bond donors (Lipinski definition) is 1. The van der Waals surface area contributed by atoms with Gasteiger partial charge >= 0.3 is 0 Å². The smallest absolute Gasteiger partial charge is 0.177 e. The summed E-state index contributed by atoms with van der Waals surface area (Å²) in [5.41, 5.74) is 0.967. The van der Waals surface area contributed by atoms with E-state index in [0.717, 1.165) is 0 Å². The monoisotopic (exact) mass is 200 g/mol. The van der Waals surface area contributed by atoms with Crippen LogP contribution in [0.4, 0.5) is 0 Å². The van der Waals surface area contributed by atoms with Gasteiger partial charge in [-0.15, -0.1) is 0 Å². The van der Waals surface area contributed by atoms with E-state index in [2.05, 4.69) is 0 Å². The highest BCUT2D eigenvalue weighted by molar-refractivity contribution is 6.34. The van der Waals surface area contributed by atoms with Crippen molar-refractivity contribution in [3.05, 3.63) is 22.2 Å². The first-order chi connectivity index (χ1) is 6.11. The topological polar surface area (TPSA) is 46.5 Å². The van der Waals surface area contributed by atoms with Crippen LogP contribution in [-0.2, 0) is 0 Å². The minimum Gasteiger partial charge on any atom is -0.503 e. The number of aryl methyl sites for hydroxylation is 1. The summed E-state index contributed by atoms with van der Waals surface area (Å²) >= 11 is 5.72. The second-order valence-electron chi connectivity index (χ2n) is 2.59. The van der Waals surface area contributed by atoms with Crippen molar-refractivity contribution in [1.29, 1.82) is 0 Å². The zero-order chi connectivity index (χ0) is 10.0. The van der Waals surface area contributed by atoms with E-state index in [1.165, 1.54) is 7.11 Å². The molecule has 1 rings (SSSR count). The number of aromatic hydroxyl groups is 1. The standard InChI is InChI=1S/C9H9ClO3/c1-5-3-7(13-2)9(12)8(10)6(5)4-11/h3-4,12H,1-2H3. The molecular formula is C9H9ClO3. The highest BCUT2D eigenvalue weighted by Gasteiger charge is 2.13. The van der Waals surface area contributed by atoms with E-state index in [-0.39, 0.29) is 16.5 Å². The number of methoxy groups -OCH3 is 1. The second kappa shape index (κ2) is 3.66. The Kier molecular flexibility index (Phi) is 2.78. The third-order valence-corrected chi connectivity index (χ3v) is 2.17. The Balaban J connectivity index is 3.45. The molecule has 70 valence electrons. The van der Waals surface area contributed by atoms with Crippen LogP contribution in [0.1, 0.15) is 15.9 Å². The largest absolute Gasteiger partial charge is 0.503 e. The first-order valence-corrected chi connectivity index (χ1v) is 4.00. The molecule has 0 unspecified atom stereocenters. The number of hydrogen-bond acceptors (Lipinski definition) is 3. The first-order valence-electron chi connectivity index (χ1n) is 3.63. The van der Waals surface area contributed by atoms with Gasteiger partial charge in [0.2, 0.25) is 0 Å². The minimum atomic E-state index is -0.197. The molecule has 4 heteroatoms. The molecule has 13 heavy (non-hydrogen) atoms. The second-order valence-corrected chi connectivity index (χ2v) is 2.97. The normalized spacial score (nSPS) is 9.77. The molecule has 1 aromatic carbocycles. The van der Waals surface area contributed by atoms with Gasteiger partial charge in [-0.2, -0.15) is 0 Å². The molecule has 0 saturated heterocycles.